The second-order valence-electron chi connectivity index (χ2n) is 7.19. The second kappa shape index (κ2) is 9.53. The highest BCUT2D eigenvalue weighted by Gasteiger charge is 2.12. The Morgan fingerprint density at radius 2 is 1.82 bits per heavy atom. The van der Waals surface area contributed by atoms with Gasteiger partial charge in [0.05, 0.1) is 11.6 Å². The molecule has 0 saturated heterocycles. The van der Waals surface area contributed by atoms with Gasteiger partial charge in [-0.25, -0.2) is 4.79 Å². The lowest BCUT2D eigenvalue weighted by Crippen LogP contribution is -2.37. The van der Waals surface area contributed by atoms with Crippen LogP contribution in [0.4, 0.5) is 10.5 Å². The minimum absolute atomic E-state index is 0.173. The smallest absolute Gasteiger partial charge is 0.319 e. The average Bonchev–Trinajstić information content (AvgIpc) is 2.66. The van der Waals surface area contributed by atoms with Gasteiger partial charge in [0.1, 0.15) is 0 Å². The highest BCUT2D eigenvalue weighted by atomic mass is 16.2. The minimum atomic E-state index is -0.371. The van der Waals surface area contributed by atoms with Crippen molar-refractivity contribution in [2.24, 2.45) is 5.73 Å². The summed E-state index contributed by atoms with van der Waals surface area (Å²) < 4.78 is 0. The Balaban J connectivity index is 1.85. The molecule has 0 bridgehead atoms. The molecule has 28 heavy (non-hydrogen) atoms. The Hall–Kier alpha value is -3.37. The molecule has 0 unspecified atom stereocenters. The maximum atomic E-state index is 12.2. The predicted octanol–water partition coefficient (Wildman–Crippen LogP) is 2.74. The molecule has 2 aromatic rings. The van der Waals surface area contributed by atoms with Crippen LogP contribution in [0.1, 0.15) is 41.8 Å². The van der Waals surface area contributed by atoms with Crippen LogP contribution in [-0.2, 0) is 6.54 Å². The van der Waals surface area contributed by atoms with Gasteiger partial charge in [-0.15, -0.1) is 0 Å². The SMILES string of the molecule is CC(C)(N)CCNC(=O)c1cccc(CNC(=O)Nc2ccc(C#N)cc2)c1. The number of rotatable bonds is 7. The number of nitrogens with two attached hydrogens (primary N) is 1. The van der Waals surface area contributed by atoms with Gasteiger partial charge in [-0.05, 0) is 62.2 Å². The Bertz CT molecular complexity index is 864. The standard InChI is InChI=1S/C21H25N5O2/c1-21(2,23)10-11-24-19(27)17-5-3-4-16(12-17)14-25-20(28)26-18-8-6-15(13-22)7-9-18/h3-9,12H,10-11,14,23H2,1-2H3,(H,24,27)(H2,25,26,28). The van der Waals surface area contributed by atoms with Gasteiger partial charge < -0.3 is 21.7 Å². The number of carbonyl (C=O) groups is 2. The number of hydrogen-bond acceptors (Lipinski definition) is 4. The van der Waals surface area contributed by atoms with E-state index in [0.29, 0.717) is 29.8 Å². The van der Waals surface area contributed by atoms with Crippen molar-refractivity contribution < 1.29 is 9.59 Å². The maximum Gasteiger partial charge on any atom is 0.319 e. The number of amides is 3. The fourth-order valence-corrected chi connectivity index (χ4v) is 2.41. The molecule has 0 saturated carbocycles. The quantitative estimate of drug-likeness (QED) is 0.591. The summed E-state index contributed by atoms with van der Waals surface area (Å²) in [5.41, 5.74) is 8.03. The Labute approximate surface area is 164 Å². The van der Waals surface area contributed by atoms with Crippen molar-refractivity contribution >= 4 is 17.6 Å². The third-order valence-electron chi connectivity index (χ3n) is 3.97. The first kappa shape index (κ1) is 20.9. The number of anilines is 1. The van der Waals surface area contributed by atoms with Crippen molar-refractivity contribution in [3.05, 3.63) is 65.2 Å². The fourth-order valence-electron chi connectivity index (χ4n) is 2.41. The van der Waals surface area contributed by atoms with E-state index in [1.54, 1.807) is 42.5 Å². The molecule has 5 N–H and O–H groups in total. The molecule has 2 rings (SSSR count). The molecule has 0 radical (unpaired) electrons. The summed E-state index contributed by atoms with van der Waals surface area (Å²) in [6.45, 7) is 4.60. The molecule has 0 atom stereocenters. The molecule has 0 aliphatic heterocycles. The number of benzene rings is 2. The summed E-state index contributed by atoms with van der Waals surface area (Å²) in [5.74, 6) is -0.173. The van der Waals surface area contributed by atoms with Crippen LogP contribution in [0, 0.1) is 11.3 Å². The number of nitrogens with zero attached hydrogens (tertiary/aromatic N) is 1. The van der Waals surface area contributed by atoms with E-state index in [2.05, 4.69) is 16.0 Å². The first-order valence-electron chi connectivity index (χ1n) is 8.98. The van der Waals surface area contributed by atoms with E-state index in [4.69, 9.17) is 11.0 Å². The topological polar surface area (TPSA) is 120 Å². The summed E-state index contributed by atoms with van der Waals surface area (Å²) in [6.07, 6.45) is 0.676. The zero-order chi connectivity index (χ0) is 20.6. The van der Waals surface area contributed by atoms with Crippen molar-refractivity contribution in [3.8, 4) is 6.07 Å². The molecule has 0 aromatic heterocycles. The number of nitrogens with one attached hydrogen (secondary N) is 3. The monoisotopic (exact) mass is 379 g/mol. The third-order valence-corrected chi connectivity index (χ3v) is 3.97. The number of hydrogen-bond donors (Lipinski definition) is 4. The van der Waals surface area contributed by atoms with Crippen LogP contribution in [0.15, 0.2) is 48.5 Å². The van der Waals surface area contributed by atoms with Crippen molar-refractivity contribution in [2.45, 2.75) is 32.4 Å². The summed E-state index contributed by atoms with van der Waals surface area (Å²) in [7, 11) is 0. The Morgan fingerprint density at radius 3 is 2.46 bits per heavy atom. The van der Waals surface area contributed by atoms with Crippen molar-refractivity contribution in [1.29, 1.82) is 5.26 Å². The largest absolute Gasteiger partial charge is 0.352 e. The first-order chi connectivity index (χ1) is 13.3. The fraction of sp³-hybridized carbons (Fsp3) is 0.286. The highest BCUT2D eigenvalue weighted by Crippen LogP contribution is 2.09. The maximum absolute atomic E-state index is 12.2. The van der Waals surface area contributed by atoms with Gasteiger partial charge in [0.2, 0.25) is 0 Å². The van der Waals surface area contributed by atoms with Gasteiger partial charge in [-0.3, -0.25) is 4.79 Å². The van der Waals surface area contributed by atoms with Crippen molar-refractivity contribution in [2.75, 3.05) is 11.9 Å². The number of urea groups is 1. The summed E-state index contributed by atoms with van der Waals surface area (Å²) in [4.78, 5) is 24.3. The number of nitriles is 1. The van der Waals surface area contributed by atoms with E-state index in [1.807, 2.05) is 26.0 Å². The average molecular weight is 379 g/mol. The van der Waals surface area contributed by atoms with Crippen LogP contribution in [0.2, 0.25) is 0 Å². The Kier molecular flexibility index (Phi) is 7.13. The van der Waals surface area contributed by atoms with Gasteiger partial charge in [-0.2, -0.15) is 5.26 Å². The van der Waals surface area contributed by atoms with Crippen LogP contribution in [0.25, 0.3) is 0 Å². The second-order valence-corrected chi connectivity index (χ2v) is 7.19. The van der Waals surface area contributed by atoms with Crippen molar-refractivity contribution in [3.63, 3.8) is 0 Å². The molecule has 146 valence electrons. The van der Waals surface area contributed by atoms with E-state index < -0.39 is 0 Å². The summed E-state index contributed by atoms with van der Waals surface area (Å²) >= 11 is 0. The molecule has 0 heterocycles. The lowest BCUT2D eigenvalue weighted by atomic mass is 10.0. The Morgan fingerprint density at radius 1 is 1.11 bits per heavy atom. The molecule has 7 heteroatoms. The predicted molar refractivity (Wildman–Crippen MR) is 109 cm³/mol. The van der Waals surface area contributed by atoms with Crippen molar-refractivity contribution in [1.82, 2.24) is 10.6 Å². The normalized spacial score (nSPS) is 10.6. The van der Waals surface area contributed by atoms with Gasteiger partial charge >= 0.3 is 6.03 Å². The zero-order valence-electron chi connectivity index (χ0n) is 16.1. The van der Waals surface area contributed by atoms with Gasteiger partial charge in [0.15, 0.2) is 0 Å². The highest BCUT2D eigenvalue weighted by molar-refractivity contribution is 5.94. The molecular weight excluding hydrogens is 354 g/mol. The van der Waals surface area contributed by atoms with Crippen LogP contribution >= 0.6 is 0 Å². The molecule has 0 fully saturated rings. The molecule has 0 aliphatic carbocycles. The summed E-state index contributed by atoms with van der Waals surface area (Å²) in [6, 6.07) is 15.3. The molecule has 0 spiro atoms. The van der Waals surface area contributed by atoms with E-state index in [0.717, 1.165) is 5.56 Å². The van der Waals surface area contributed by atoms with Crippen LogP contribution in [0.5, 0.6) is 0 Å². The molecule has 2 aromatic carbocycles. The minimum Gasteiger partial charge on any atom is -0.352 e. The van der Waals surface area contributed by atoms with Gasteiger partial charge in [-0.1, -0.05) is 12.1 Å². The van der Waals surface area contributed by atoms with Gasteiger partial charge in [0.25, 0.3) is 5.91 Å². The van der Waals surface area contributed by atoms with Crippen LogP contribution in [-0.4, -0.2) is 24.0 Å². The zero-order valence-corrected chi connectivity index (χ0v) is 16.1. The van der Waals surface area contributed by atoms with Crippen LogP contribution < -0.4 is 21.7 Å². The molecule has 0 aliphatic rings. The van der Waals surface area contributed by atoms with Crippen LogP contribution in [0.3, 0.4) is 0 Å². The first-order valence-corrected chi connectivity index (χ1v) is 8.98. The van der Waals surface area contributed by atoms with E-state index in [-0.39, 0.29) is 24.0 Å². The van der Waals surface area contributed by atoms with Gasteiger partial charge in [0, 0.05) is 29.9 Å². The number of carbonyl (C=O) groups excluding carboxylic acids is 2. The van der Waals surface area contributed by atoms with E-state index >= 15 is 0 Å². The lowest BCUT2D eigenvalue weighted by molar-refractivity contribution is 0.0951. The molecule has 3 amide bonds. The molecular formula is C21H25N5O2. The lowest BCUT2D eigenvalue weighted by Gasteiger charge is -2.18. The molecule has 7 nitrogen and oxygen atoms in total. The third kappa shape index (κ3) is 7.09. The van der Waals surface area contributed by atoms with E-state index in [1.165, 1.54) is 0 Å². The van der Waals surface area contributed by atoms with E-state index in [9.17, 15) is 9.59 Å². The summed E-state index contributed by atoms with van der Waals surface area (Å²) in [5, 5.41) is 17.1.